The van der Waals surface area contributed by atoms with Crippen molar-refractivity contribution >= 4 is 11.9 Å². The maximum Gasteiger partial charge on any atom is 0.306 e. The first-order chi connectivity index (χ1) is 33.5. The average Bonchev–Trinajstić information content (AvgIpc) is 3.33. The lowest BCUT2D eigenvalue weighted by Crippen LogP contribution is -2.46. The monoisotopic (exact) mass is 952 g/mol. The lowest BCUT2D eigenvalue weighted by atomic mass is 10.0. The van der Waals surface area contributed by atoms with Crippen LogP contribution in [0.25, 0.3) is 0 Å². The number of rotatable bonds is 53. The third kappa shape index (κ3) is 50.0. The zero-order valence-corrected chi connectivity index (χ0v) is 45.2. The van der Waals surface area contributed by atoms with Crippen molar-refractivity contribution in [2.45, 2.75) is 315 Å². The quantitative estimate of drug-likeness (QED) is 0.0321. The molecule has 3 unspecified atom stereocenters. The first-order valence-electron chi connectivity index (χ1n) is 29.5. The van der Waals surface area contributed by atoms with Crippen LogP contribution in [0.15, 0.2) is 60.8 Å². The number of nitrogens with one attached hydrogen (secondary N) is 1. The van der Waals surface area contributed by atoms with Gasteiger partial charge in [0.25, 0.3) is 0 Å². The summed E-state index contributed by atoms with van der Waals surface area (Å²) in [5, 5.41) is 23.9. The summed E-state index contributed by atoms with van der Waals surface area (Å²) in [6.07, 6.45) is 70.0. The first kappa shape index (κ1) is 65.6. The van der Waals surface area contributed by atoms with Gasteiger partial charge in [-0.2, -0.15) is 0 Å². The molecule has 0 spiro atoms. The summed E-state index contributed by atoms with van der Waals surface area (Å²) in [7, 11) is 0. The van der Waals surface area contributed by atoms with Crippen molar-refractivity contribution in [3.8, 4) is 0 Å². The number of carbonyl (C=O) groups excluding carboxylic acids is 2. The minimum Gasteiger partial charge on any atom is -0.462 e. The lowest BCUT2D eigenvalue weighted by molar-refractivity contribution is -0.151. The topological polar surface area (TPSA) is 95.9 Å². The van der Waals surface area contributed by atoms with Gasteiger partial charge in [-0.05, 0) is 89.9 Å². The number of hydrogen-bond donors (Lipinski definition) is 3. The highest BCUT2D eigenvalue weighted by molar-refractivity contribution is 5.77. The number of allylic oxidation sites excluding steroid dienone is 10. The fraction of sp³-hybridized carbons (Fsp3) is 0.806. The lowest BCUT2D eigenvalue weighted by Gasteiger charge is -2.24. The molecule has 0 aromatic carbocycles. The van der Waals surface area contributed by atoms with Crippen LogP contribution in [0.5, 0.6) is 0 Å². The van der Waals surface area contributed by atoms with E-state index in [0.717, 1.165) is 70.6 Å². The first-order valence-corrected chi connectivity index (χ1v) is 29.5. The van der Waals surface area contributed by atoms with Crippen LogP contribution in [0.4, 0.5) is 0 Å². The highest BCUT2D eigenvalue weighted by Gasteiger charge is 2.24. The van der Waals surface area contributed by atoms with Crippen LogP contribution in [0.1, 0.15) is 297 Å². The Labute approximate surface area is 422 Å². The molecule has 0 fully saturated rings. The van der Waals surface area contributed by atoms with Crippen LogP contribution >= 0.6 is 0 Å². The molecule has 3 atom stereocenters. The highest BCUT2D eigenvalue weighted by atomic mass is 16.5. The van der Waals surface area contributed by atoms with Crippen LogP contribution in [0.3, 0.4) is 0 Å². The fourth-order valence-electron chi connectivity index (χ4n) is 8.83. The van der Waals surface area contributed by atoms with E-state index < -0.39 is 18.2 Å². The summed E-state index contributed by atoms with van der Waals surface area (Å²) in [4.78, 5) is 26.3. The second-order valence-corrected chi connectivity index (χ2v) is 20.0. The summed E-state index contributed by atoms with van der Waals surface area (Å²) in [5.41, 5.74) is 0. The van der Waals surface area contributed by atoms with Crippen molar-refractivity contribution in [1.29, 1.82) is 0 Å². The molecule has 0 aliphatic heterocycles. The Balaban J connectivity index is 4.63. The van der Waals surface area contributed by atoms with Crippen molar-refractivity contribution in [2.24, 2.45) is 0 Å². The molecule has 0 bridgehead atoms. The molecule has 0 rings (SSSR count). The summed E-state index contributed by atoms with van der Waals surface area (Å²) in [6.45, 7) is 6.46. The van der Waals surface area contributed by atoms with Gasteiger partial charge in [-0.15, -0.1) is 0 Å². The molecule has 0 saturated carbocycles. The zero-order valence-electron chi connectivity index (χ0n) is 45.2. The second kappa shape index (κ2) is 55.5. The van der Waals surface area contributed by atoms with E-state index in [4.69, 9.17) is 4.74 Å². The van der Waals surface area contributed by atoms with E-state index >= 15 is 0 Å². The zero-order chi connectivity index (χ0) is 49.5. The van der Waals surface area contributed by atoms with Crippen LogP contribution in [0.2, 0.25) is 0 Å². The van der Waals surface area contributed by atoms with E-state index in [1.165, 1.54) is 180 Å². The molecule has 0 heterocycles. The Morgan fingerprint density at radius 3 is 1.22 bits per heavy atom. The molecule has 6 heteroatoms. The summed E-state index contributed by atoms with van der Waals surface area (Å²) in [6, 6.07) is -0.722. The van der Waals surface area contributed by atoms with Crippen molar-refractivity contribution in [3.05, 3.63) is 60.8 Å². The van der Waals surface area contributed by atoms with Gasteiger partial charge in [0, 0.05) is 6.42 Å². The third-order valence-electron chi connectivity index (χ3n) is 13.3. The van der Waals surface area contributed by atoms with E-state index in [2.05, 4.69) is 86.8 Å². The molecule has 0 saturated heterocycles. The number of unbranched alkanes of at least 4 members (excludes halogenated alkanes) is 31. The van der Waals surface area contributed by atoms with Crippen LogP contribution in [-0.2, 0) is 14.3 Å². The van der Waals surface area contributed by atoms with Gasteiger partial charge in [0.05, 0.1) is 25.2 Å². The van der Waals surface area contributed by atoms with Gasteiger partial charge in [0.1, 0.15) is 6.10 Å². The van der Waals surface area contributed by atoms with Crippen LogP contribution in [-0.4, -0.2) is 46.9 Å². The SMILES string of the molecule is CCCCC/C=C\C/C=C\C/C=C\C/C=C\CCCC(CC(=O)NC(CO)C(O)CCCCCCCCCCCCCCCCCCC)OC(=O)CCCCCCCCC/C=C\CCCCCC. The van der Waals surface area contributed by atoms with E-state index in [9.17, 15) is 19.8 Å². The predicted octanol–water partition coefficient (Wildman–Crippen LogP) is 18.4. The summed E-state index contributed by atoms with van der Waals surface area (Å²) >= 11 is 0. The fourth-order valence-corrected chi connectivity index (χ4v) is 8.83. The number of hydrogen-bond acceptors (Lipinski definition) is 5. The van der Waals surface area contributed by atoms with Gasteiger partial charge in [0.2, 0.25) is 5.91 Å². The normalized spacial score (nSPS) is 13.5. The number of aliphatic hydroxyl groups is 2. The van der Waals surface area contributed by atoms with Crippen LogP contribution in [0, 0.1) is 0 Å². The van der Waals surface area contributed by atoms with E-state index in [1.54, 1.807) is 0 Å². The number of carbonyl (C=O) groups is 2. The number of amides is 1. The summed E-state index contributed by atoms with van der Waals surface area (Å²) in [5.74, 6) is -0.525. The maximum atomic E-state index is 13.3. The molecular weight excluding hydrogens is 839 g/mol. The van der Waals surface area contributed by atoms with Crippen molar-refractivity contribution in [3.63, 3.8) is 0 Å². The van der Waals surface area contributed by atoms with Gasteiger partial charge >= 0.3 is 5.97 Å². The Bertz CT molecular complexity index is 1210. The van der Waals surface area contributed by atoms with Gasteiger partial charge in [-0.25, -0.2) is 0 Å². The molecule has 396 valence electrons. The van der Waals surface area contributed by atoms with Gasteiger partial charge in [-0.1, -0.05) is 255 Å². The van der Waals surface area contributed by atoms with Crippen LogP contribution < -0.4 is 5.32 Å². The smallest absolute Gasteiger partial charge is 0.306 e. The van der Waals surface area contributed by atoms with Crippen molar-refractivity contribution < 1.29 is 24.5 Å². The number of ether oxygens (including phenoxy) is 1. The molecule has 0 aromatic heterocycles. The Hall–Kier alpha value is -2.44. The van der Waals surface area contributed by atoms with Crippen molar-refractivity contribution in [1.82, 2.24) is 5.32 Å². The molecule has 0 aromatic rings. The highest BCUT2D eigenvalue weighted by Crippen LogP contribution is 2.18. The van der Waals surface area contributed by atoms with E-state index in [0.29, 0.717) is 19.3 Å². The average molecular weight is 953 g/mol. The molecular formula is C62H113NO5. The van der Waals surface area contributed by atoms with E-state index in [-0.39, 0.29) is 24.9 Å². The molecule has 0 aliphatic rings. The number of esters is 1. The standard InChI is InChI=1S/C62H113NO5/c1-4-7-10-13-16-19-22-25-28-30-33-35-38-41-44-47-50-53-58(68-62(67)55-52-49-46-43-40-37-32-27-24-21-18-15-12-9-6-3)56-61(66)63-59(57-64)60(65)54-51-48-45-42-39-36-34-31-29-26-23-20-17-14-11-8-5-2/h16,19,21,24-25,28,33,35,41,44,58-60,64-65H,4-15,17-18,20,22-23,26-27,29-32,34,36-40,42-43,45-57H2,1-3H3,(H,63,66)/b19-16-,24-21-,28-25-,35-33-,44-41-. The Morgan fingerprint density at radius 1 is 0.426 bits per heavy atom. The largest absolute Gasteiger partial charge is 0.462 e. The van der Waals surface area contributed by atoms with Gasteiger partial charge < -0.3 is 20.3 Å². The van der Waals surface area contributed by atoms with Crippen molar-refractivity contribution in [2.75, 3.05) is 6.61 Å². The molecule has 0 aliphatic carbocycles. The summed E-state index contributed by atoms with van der Waals surface area (Å²) < 4.78 is 5.93. The molecule has 68 heavy (non-hydrogen) atoms. The minimum atomic E-state index is -0.805. The Kier molecular flexibility index (Phi) is 53.5. The molecule has 6 nitrogen and oxygen atoms in total. The van der Waals surface area contributed by atoms with Gasteiger partial charge in [-0.3, -0.25) is 9.59 Å². The van der Waals surface area contributed by atoms with Gasteiger partial charge in [0.15, 0.2) is 0 Å². The Morgan fingerprint density at radius 2 is 0.765 bits per heavy atom. The minimum absolute atomic E-state index is 0.0384. The maximum absolute atomic E-state index is 13.3. The predicted molar refractivity (Wildman–Crippen MR) is 296 cm³/mol. The third-order valence-corrected chi connectivity index (χ3v) is 13.3. The van der Waals surface area contributed by atoms with E-state index in [1.807, 2.05) is 0 Å². The molecule has 0 radical (unpaired) electrons. The number of aliphatic hydroxyl groups excluding tert-OH is 2. The molecule has 1 amide bonds. The second-order valence-electron chi connectivity index (χ2n) is 20.0. The molecule has 3 N–H and O–H groups in total.